The average Bonchev–Trinajstić information content (AvgIpc) is 2.80. The van der Waals surface area contributed by atoms with Crippen LogP contribution >= 0.6 is 0 Å². The molecule has 0 aliphatic heterocycles. The number of hydrogen-bond acceptors (Lipinski definition) is 4. The molecule has 0 fully saturated rings. The second-order valence-electron chi connectivity index (χ2n) is 4.75. The SMILES string of the molecule is Cc1c(CNCc2cccc(/C(N)=N/O)c2F)cnn1C. The van der Waals surface area contributed by atoms with E-state index in [1.807, 2.05) is 14.0 Å². The molecule has 0 atom stereocenters. The molecule has 0 unspecified atom stereocenters. The van der Waals surface area contributed by atoms with Crippen molar-refractivity contribution >= 4 is 5.84 Å². The van der Waals surface area contributed by atoms with Crippen molar-refractivity contribution in [3.63, 3.8) is 0 Å². The number of rotatable bonds is 5. The Morgan fingerprint density at radius 3 is 2.76 bits per heavy atom. The summed E-state index contributed by atoms with van der Waals surface area (Å²) >= 11 is 0. The van der Waals surface area contributed by atoms with Crippen molar-refractivity contribution in [3.8, 4) is 0 Å². The Kier molecular flexibility index (Phi) is 4.54. The van der Waals surface area contributed by atoms with E-state index in [0.717, 1.165) is 11.3 Å². The lowest BCUT2D eigenvalue weighted by atomic mass is 10.1. The maximum atomic E-state index is 14.2. The fourth-order valence-corrected chi connectivity index (χ4v) is 2.02. The number of hydrogen-bond donors (Lipinski definition) is 3. The van der Waals surface area contributed by atoms with Crippen LogP contribution in [0.2, 0.25) is 0 Å². The summed E-state index contributed by atoms with van der Waals surface area (Å²) in [6, 6.07) is 4.80. The summed E-state index contributed by atoms with van der Waals surface area (Å²) in [5.74, 6) is -0.722. The van der Waals surface area contributed by atoms with Crippen LogP contribution in [0.25, 0.3) is 0 Å². The van der Waals surface area contributed by atoms with Crippen LogP contribution in [-0.4, -0.2) is 20.8 Å². The topological polar surface area (TPSA) is 88.5 Å². The molecule has 1 heterocycles. The van der Waals surface area contributed by atoms with Gasteiger partial charge in [0, 0.05) is 37.0 Å². The first kappa shape index (κ1) is 15.0. The molecule has 112 valence electrons. The van der Waals surface area contributed by atoms with E-state index in [9.17, 15) is 4.39 Å². The van der Waals surface area contributed by atoms with E-state index in [1.54, 1.807) is 23.0 Å². The number of amidine groups is 1. The van der Waals surface area contributed by atoms with Gasteiger partial charge in [0.05, 0.1) is 11.8 Å². The van der Waals surface area contributed by atoms with E-state index in [1.165, 1.54) is 6.07 Å². The maximum Gasteiger partial charge on any atom is 0.173 e. The van der Waals surface area contributed by atoms with Crippen molar-refractivity contribution in [2.24, 2.45) is 17.9 Å². The van der Waals surface area contributed by atoms with Crippen LogP contribution in [0.5, 0.6) is 0 Å². The van der Waals surface area contributed by atoms with Gasteiger partial charge in [-0.3, -0.25) is 4.68 Å². The molecule has 6 nitrogen and oxygen atoms in total. The van der Waals surface area contributed by atoms with Crippen LogP contribution in [0.1, 0.15) is 22.4 Å². The van der Waals surface area contributed by atoms with E-state index < -0.39 is 5.82 Å². The van der Waals surface area contributed by atoms with E-state index in [2.05, 4.69) is 15.6 Å². The van der Waals surface area contributed by atoms with Crippen LogP contribution in [-0.2, 0) is 20.1 Å². The molecular formula is C14H18FN5O. The zero-order valence-corrected chi connectivity index (χ0v) is 12.0. The van der Waals surface area contributed by atoms with Crippen molar-refractivity contribution < 1.29 is 9.60 Å². The summed E-state index contributed by atoms with van der Waals surface area (Å²) in [7, 11) is 1.87. The number of nitrogens with two attached hydrogens (primary N) is 1. The van der Waals surface area contributed by atoms with Gasteiger partial charge >= 0.3 is 0 Å². The first-order valence-corrected chi connectivity index (χ1v) is 6.48. The Bertz CT molecular complexity index is 665. The zero-order chi connectivity index (χ0) is 15.4. The van der Waals surface area contributed by atoms with E-state index in [0.29, 0.717) is 18.7 Å². The van der Waals surface area contributed by atoms with Crippen molar-refractivity contribution in [1.29, 1.82) is 0 Å². The van der Waals surface area contributed by atoms with Crippen LogP contribution in [0.3, 0.4) is 0 Å². The van der Waals surface area contributed by atoms with Crippen LogP contribution in [0.15, 0.2) is 29.6 Å². The molecule has 0 radical (unpaired) electrons. The molecular weight excluding hydrogens is 273 g/mol. The quantitative estimate of drug-likeness (QED) is 0.335. The Morgan fingerprint density at radius 1 is 1.43 bits per heavy atom. The van der Waals surface area contributed by atoms with Crippen molar-refractivity contribution in [1.82, 2.24) is 15.1 Å². The Morgan fingerprint density at radius 2 is 2.14 bits per heavy atom. The Balaban J connectivity index is 2.05. The lowest BCUT2D eigenvalue weighted by Gasteiger charge is -2.08. The predicted octanol–water partition coefficient (Wildman–Crippen LogP) is 1.25. The first-order valence-electron chi connectivity index (χ1n) is 6.48. The summed E-state index contributed by atoms with van der Waals surface area (Å²) in [4.78, 5) is 0. The third-order valence-electron chi connectivity index (χ3n) is 3.43. The molecule has 7 heteroatoms. The molecule has 0 spiro atoms. The molecule has 4 N–H and O–H groups in total. The van der Waals surface area contributed by atoms with Gasteiger partial charge in [0.2, 0.25) is 0 Å². The second-order valence-corrected chi connectivity index (χ2v) is 4.75. The zero-order valence-electron chi connectivity index (χ0n) is 12.0. The van der Waals surface area contributed by atoms with E-state index in [4.69, 9.17) is 10.9 Å². The lowest BCUT2D eigenvalue weighted by Crippen LogP contribution is -2.19. The van der Waals surface area contributed by atoms with Gasteiger partial charge in [0.15, 0.2) is 5.84 Å². The lowest BCUT2D eigenvalue weighted by molar-refractivity contribution is 0.318. The van der Waals surface area contributed by atoms with Gasteiger partial charge in [-0.05, 0) is 13.0 Å². The first-order chi connectivity index (χ1) is 10.0. The molecule has 0 saturated carbocycles. The van der Waals surface area contributed by atoms with Crippen molar-refractivity contribution in [2.45, 2.75) is 20.0 Å². The highest BCUT2D eigenvalue weighted by Crippen LogP contribution is 2.13. The van der Waals surface area contributed by atoms with Crippen molar-refractivity contribution in [3.05, 3.63) is 52.6 Å². The minimum atomic E-state index is -0.483. The van der Waals surface area contributed by atoms with Crippen LogP contribution < -0.4 is 11.1 Å². The minimum Gasteiger partial charge on any atom is -0.409 e. The number of aromatic nitrogens is 2. The largest absolute Gasteiger partial charge is 0.409 e. The maximum absolute atomic E-state index is 14.2. The molecule has 1 aromatic heterocycles. The smallest absolute Gasteiger partial charge is 0.173 e. The Labute approximate surface area is 122 Å². The van der Waals surface area contributed by atoms with Gasteiger partial charge < -0.3 is 16.3 Å². The summed E-state index contributed by atoms with van der Waals surface area (Å²) in [5, 5.41) is 18.8. The number of halogens is 1. The molecule has 0 aliphatic rings. The third kappa shape index (κ3) is 3.19. The fraction of sp³-hybridized carbons (Fsp3) is 0.286. The number of nitrogens with one attached hydrogen (secondary N) is 1. The van der Waals surface area contributed by atoms with Gasteiger partial charge in [0.1, 0.15) is 5.82 Å². The molecule has 1 aromatic carbocycles. The Hall–Kier alpha value is -2.41. The fourth-order valence-electron chi connectivity index (χ4n) is 2.02. The van der Waals surface area contributed by atoms with Crippen molar-refractivity contribution in [2.75, 3.05) is 0 Å². The average molecular weight is 291 g/mol. The molecule has 0 aliphatic carbocycles. The highest BCUT2D eigenvalue weighted by atomic mass is 19.1. The normalized spacial score (nSPS) is 11.9. The summed E-state index contributed by atoms with van der Waals surface area (Å²) < 4.78 is 16.0. The summed E-state index contributed by atoms with van der Waals surface area (Å²) in [6.07, 6.45) is 1.78. The number of oxime groups is 1. The summed E-state index contributed by atoms with van der Waals surface area (Å²) in [6.45, 7) is 2.91. The molecule has 0 bridgehead atoms. The van der Waals surface area contributed by atoms with Crippen LogP contribution in [0.4, 0.5) is 4.39 Å². The van der Waals surface area contributed by atoms with E-state index in [-0.39, 0.29) is 11.4 Å². The van der Waals surface area contributed by atoms with Gasteiger partial charge in [-0.15, -0.1) is 0 Å². The molecule has 2 rings (SSSR count). The third-order valence-corrected chi connectivity index (χ3v) is 3.43. The molecule has 2 aromatic rings. The number of aryl methyl sites for hydroxylation is 1. The summed E-state index contributed by atoms with van der Waals surface area (Å²) in [5.41, 5.74) is 8.11. The molecule has 0 saturated heterocycles. The predicted molar refractivity (Wildman–Crippen MR) is 77.4 cm³/mol. The standard InChI is InChI=1S/C14H18FN5O/c1-9-11(8-18-20(9)2)7-17-6-10-4-3-5-12(13(10)15)14(16)19-21/h3-5,8,17,21H,6-7H2,1-2H3,(H2,16,19). The highest BCUT2D eigenvalue weighted by Gasteiger charge is 2.11. The monoisotopic (exact) mass is 291 g/mol. The highest BCUT2D eigenvalue weighted by molar-refractivity contribution is 5.97. The van der Waals surface area contributed by atoms with Gasteiger partial charge in [0.25, 0.3) is 0 Å². The molecule has 0 amide bonds. The van der Waals surface area contributed by atoms with Crippen LogP contribution in [0, 0.1) is 12.7 Å². The second kappa shape index (κ2) is 6.36. The molecule has 21 heavy (non-hydrogen) atoms. The van der Waals surface area contributed by atoms with E-state index >= 15 is 0 Å². The number of nitrogens with zero attached hydrogens (tertiary/aromatic N) is 3. The van der Waals surface area contributed by atoms with Gasteiger partial charge in [-0.1, -0.05) is 17.3 Å². The number of benzene rings is 1. The van der Waals surface area contributed by atoms with Gasteiger partial charge in [-0.2, -0.15) is 5.10 Å². The minimum absolute atomic E-state index is 0.0920. The van der Waals surface area contributed by atoms with Gasteiger partial charge in [-0.25, -0.2) is 4.39 Å².